The van der Waals surface area contributed by atoms with E-state index in [1.807, 2.05) is 6.07 Å². The normalized spacial score (nSPS) is 10.5. The van der Waals surface area contributed by atoms with Crippen LogP contribution in [0.4, 0.5) is 0 Å². The fraction of sp³-hybridized carbons (Fsp3) is 0.455. The first-order valence-electron chi connectivity index (χ1n) is 4.78. The van der Waals surface area contributed by atoms with Gasteiger partial charge in [-0.2, -0.15) is 0 Å². The summed E-state index contributed by atoms with van der Waals surface area (Å²) in [5.74, 6) is -0.360. The van der Waals surface area contributed by atoms with Crippen molar-refractivity contribution >= 4 is 5.97 Å². The quantitative estimate of drug-likeness (QED) is 0.798. The monoisotopic (exact) mass is 193 g/mol. The summed E-state index contributed by atoms with van der Waals surface area (Å²) >= 11 is 0. The number of carboxylic acids is 1. The number of aromatic carboxylic acids is 1. The van der Waals surface area contributed by atoms with Crippen LogP contribution in [0.5, 0.6) is 0 Å². The Kier molecular flexibility index (Phi) is 3.63. The van der Waals surface area contributed by atoms with Gasteiger partial charge in [0.15, 0.2) is 5.69 Å². The van der Waals surface area contributed by atoms with Gasteiger partial charge in [-0.1, -0.05) is 19.9 Å². The highest BCUT2D eigenvalue weighted by atomic mass is 16.4. The lowest BCUT2D eigenvalue weighted by Crippen LogP contribution is -2.06. The minimum absolute atomic E-state index is 0.188. The number of carboxylic acid groups (broad SMARTS) is 1. The summed E-state index contributed by atoms with van der Waals surface area (Å²) in [4.78, 5) is 14.7. The van der Waals surface area contributed by atoms with E-state index in [0.29, 0.717) is 5.92 Å². The number of aromatic nitrogens is 1. The molecule has 0 aliphatic heterocycles. The van der Waals surface area contributed by atoms with Gasteiger partial charge in [-0.15, -0.1) is 0 Å². The minimum Gasteiger partial charge on any atom is -0.477 e. The van der Waals surface area contributed by atoms with Crippen LogP contribution in [0.15, 0.2) is 18.3 Å². The average molecular weight is 193 g/mol. The lowest BCUT2D eigenvalue weighted by atomic mass is 10.0. The van der Waals surface area contributed by atoms with Gasteiger partial charge in [0.1, 0.15) is 0 Å². The van der Waals surface area contributed by atoms with Gasteiger partial charge in [-0.3, -0.25) is 0 Å². The van der Waals surface area contributed by atoms with Crippen LogP contribution >= 0.6 is 0 Å². The Balaban J connectivity index is 2.79. The molecule has 0 saturated heterocycles. The third-order valence-electron chi connectivity index (χ3n) is 2.08. The Bertz CT molecular complexity index is 321. The first-order chi connectivity index (χ1) is 6.61. The standard InChI is InChI=1S/C11H15NO2/c1-8(2)5-6-9-4-3-7-12-10(9)11(13)14/h3-4,7-8H,5-6H2,1-2H3,(H,13,14). The average Bonchev–Trinajstić information content (AvgIpc) is 2.15. The molecule has 14 heavy (non-hydrogen) atoms. The third-order valence-corrected chi connectivity index (χ3v) is 2.08. The van der Waals surface area contributed by atoms with Crippen molar-refractivity contribution in [1.29, 1.82) is 0 Å². The third kappa shape index (κ3) is 2.83. The van der Waals surface area contributed by atoms with Crippen molar-refractivity contribution in [2.75, 3.05) is 0 Å². The van der Waals surface area contributed by atoms with Crippen LogP contribution in [-0.2, 0) is 6.42 Å². The topological polar surface area (TPSA) is 50.2 Å². The van der Waals surface area contributed by atoms with Gasteiger partial charge in [-0.05, 0) is 30.4 Å². The molecule has 1 heterocycles. The molecular weight excluding hydrogens is 178 g/mol. The number of aryl methyl sites for hydroxylation is 1. The fourth-order valence-electron chi connectivity index (χ4n) is 1.28. The molecule has 1 aromatic heterocycles. The molecule has 0 atom stereocenters. The number of hydrogen-bond acceptors (Lipinski definition) is 2. The van der Waals surface area contributed by atoms with Crippen molar-refractivity contribution < 1.29 is 9.90 Å². The molecule has 1 rings (SSSR count). The molecule has 0 spiro atoms. The summed E-state index contributed by atoms with van der Waals surface area (Å²) in [7, 11) is 0. The summed E-state index contributed by atoms with van der Waals surface area (Å²) in [5.41, 5.74) is 1.02. The van der Waals surface area contributed by atoms with Gasteiger partial charge in [0.05, 0.1) is 0 Å². The number of nitrogens with zero attached hydrogens (tertiary/aromatic N) is 1. The Morgan fingerprint density at radius 1 is 1.57 bits per heavy atom. The highest BCUT2D eigenvalue weighted by Gasteiger charge is 2.10. The largest absolute Gasteiger partial charge is 0.477 e. The van der Waals surface area contributed by atoms with Crippen LogP contribution in [0.3, 0.4) is 0 Å². The molecular formula is C11H15NO2. The highest BCUT2D eigenvalue weighted by molar-refractivity contribution is 5.86. The summed E-state index contributed by atoms with van der Waals surface area (Å²) in [6.45, 7) is 4.24. The molecule has 0 bridgehead atoms. The van der Waals surface area contributed by atoms with E-state index in [2.05, 4.69) is 18.8 Å². The first-order valence-corrected chi connectivity index (χ1v) is 4.78. The van der Waals surface area contributed by atoms with Gasteiger partial charge in [0.2, 0.25) is 0 Å². The zero-order valence-corrected chi connectivity index (χ0v) is 8.53. The van der Waals surface area contributed by atoms with Crippen LogP contribution in [0.2, 0.25) is 0 Å². The van der Waals surface area contributed by atoms with E-state index >= 15 is 0 Å². The van der Waals surface area contributed by atoms with Crippen LogP contribution in [0, 0.1) is 5.92 Å². The Morgan fingerprint density at radius 2 is 2.29 bits per heavy atom. The summed E-state index contributed by atoms with van der Waals surface area (Å²) < 4.78 is 0. The van der Waals surface area contributed by atoms with Crippen molar-refractivity contribution in [3.05, 3.63) is 29.6 Å². The van der Waals surface area contributed by atoms with Crippen molar-refractivity contribution in [2.45, 2.75) is 26.7 Å². The Morgan fingerprint density at radius 3 is 2.86 bits per heavy atom. The zero-order chi connectivity index (χ0) is 10.6. The zero-order valence-electron chi connectivity index (χ0n) is 8.53. The van der Waals surface area contributed by atoms with Crippen LogP contribution < -0.4 is 0 Å². The van der Waals surface area contributed by atoms with Crippen molar-refractivity contribution in [3.63, 3.8) is 0 Å². The molecule has 1 N–H and O–H groups in total. The van der Waals surface area contributed by atoms with E-state index in [0.717, 1.165) is 18.4 Å². The lowest BCUT2D eigenvalue weighted by Gasteiger charge is -2.06. The van der Waals surface area contributed by atoms with E-state index in [9.17, 15) is 4.79 Å². The highest BCUT2D eigenvalue weighted by Crippen LogP contribution is 2.11. The van der Waals surface area contributed by atoms with Gasteiger partial charge in [-0.25, -0.2) is 9.78 Å². The predicted molar refractivity (Wildman–Crippen MR) is 54.4 cm³/mol. The Hall–Kier alpha value is -1.38. The maximum absolute atomic E-state index is 10.8. The van der Waals surface area contributed by atoms with Gasteiger partial charge < -0.3 is 5.11 Å². The maximum atomic E-state index is 10.8. The molecule has 0 radical (unpaired) electrons. The summed E-state index contributed by atoms with van der Waals surface area (Å²) in [5, 5.41) is 8.87. The van der Waals surface area contributed by atoms with Gasteiger partial charge in [0.25, 0.3) is 0 Å². The SMILES string of the molecule is CC(C)CCc1cccnc1C(=O)O. The molecule has 0 aromatic carbocycles. The second-order valence-corrected chi connectivity index (χ2v) is 3.75. The molecule has 3 nitrogen and oxygen atoms in total. The maximum Gasteiger partial charge on any atom is 0.354 e. The second-order valence-electron chi connectivity index (χ2n) is 3.75. The predicted octanol–water partition coefficient (Wildman–Crippen LogP) is 2.37. The van der Waals surface area contributed by atoms with Crippen molar-refractivity contribution in [1.82, 2.24) is 4.98 Å². The second kappa shape index (κ2) is 4.74. The van der Waals surface area contributed by atoms with Crippen LogP contribution in [0.25, 0.3) is 0 Å². The van der Waals surface area contributed by atoms with E-state index in [4.69, 9.17) is 5.11 Å². The molecule has 3 heteroatoms. The molecule has 1 aromatic rings. The number of carbonyl (C=O) groups is 1. The van der Waals surface area contributed by atoms with Crippen molar-refractivity contribution in [3.8, 4) is 0 Å². The van der Waals surface area contributed by atoms with Gasteiger partial charge in [0, 0.05) is 6.20 Å². The minimum atomic E-state index is -0.940. The van der Waals surface area contributed by atoms with E-state index in [-0.39, 0.29) is 5.69 Å². The van der Waals surface area contributed by atoms with Crippen LogP contribution in [-0.4, -0.2) is 16.1 Å². The lowest BCUT2D eigenvalue weighted by molar-refractivity contribution is 0.0689. The molecule has 76 valence electrons. The number of rotatable bonds is 4. The Labute approximate surface area is 83.8 Å². The number of pyridine rings is 1. The smallest absolute Gasteiger partial charge is 0.354 e. The molecule has 0 amide bonds. The first kappa shape index (κ1) is 10.7. The van der Waals surface area contributed by atoms with Crippen LogP contribution in [0.1, 0.15) is 36.3 Å². The molecule has 0 aliphatic rings. The summed E-state index contributed by atoms with van der Waals surface area (Å²) in [6.07, 6.45) is 3.29. The molecule has 0 saturated carbocycles. The van der Waals surface area contributed by atoms with E-state index in [1.54, 1.807) is 6.07 Å². The van der Waals surface area contributed by atoms with Gasteiger partial charge >= 0.3 is 5.97 Å². The summed E-state index contributed by atoms with van der Waals surface area (Å²) in [6, 6.07) is 3.61. The molecule has 0 unspecified atom stereocenters. The fourth-order valence-corrected chi connectivity index (χ4v) is 1.28. The van der Waals surface area contributed by atoms with Crippen molar-refractivity contribution in [2.24, 2.45) is 5.92 Å². The molecule has 0 aliphatic carbocycles. The van der Waals surface area contributed by atoms with E-state index in [1.165, 1.54) is 6.20 Å². The molecule has 0 fully saturated rings. The van der Waals surface area contributed by atoms with E-state index < -0.39 is 5.97 Å². The number of hydrogen-bond donors (Lipinski definition) is 1.